The summed E-state index contributed by atoms with van der Waals surface area (Å²) in [4.78, 5) is 2.84. The summed E-state index contributed by atoms with van der Waals surface area (Å²) in [6, 6.07) is 1.61. The molecule has 118 valence electrons. The summed E-state index contributed by atoms with van der Waals surface area (Å²) in [5.74, 6) is 1.77. The van der Waals surface area contributed by atoms with Gasteiger partial charge in [0.1, 0.15) is 0 Å². The molecule has 0 aromatic carbocycles. The van der Waals surface area contributed by atoms with Crippen molar-refractivity contribution in [2.45, 2.75) is 83.7 Å². The molecule has 2 heteroatoms. The lowest BCUT2D eigenvalue weighted by Gasteiger charge is -2.35. The summed E-state index contributed by atoms with van der Waals surface area (Å²) in [6.07, 6.45) is 13.0. The first-order valence-electron chi connectivity index (χ1n) is 9.12. The lowest BCUT2D eigenvalue weighted by molar-refractivity contribution is 0.152. The molecule has 20 heavy (non-hydrogen) atoms. The zero-order valence-electron chi connectivity index (χ0n) is 14.0. The summed E-state index contributed by atoms with van der Waals surface area (Å²) in [6.45, 7) is 7.32. The Kier molecular flexibility index (Phi) is 6.83. The van der Waals surface area contributed by atoms with Gasteiger partial charge in [0.15, 0.2) is 0 Å². The van der Waals surface area contributed by atoms with Crippen LogP contribution in [0.15, 0.2) is 0 Å². The molecule has 0 heterocycles. The summed E-state index contributed by atoms with van der Waals surface area (Å²) in [5.41, 5.74) is 0. The van der Waals surface area contributed by atoms with Crippen LogP contribution >= 0.6 is 0 Å². The van der Waals surface area contributed by atoms with Crippen molar-refractivity contribution in [3.8, 4) is 0 Å². The summed E-state index contributed by atoms with van der Waals surface area (Å²) >= 11 is 0. The van der Waals surface area contributed by atoms with Crippen LogP contribution in [-0.2, 0) is 0 Å². The predicted molar refractivity (Wildman–Crippen MR) is 88.1 cm³/mol. The van der Waals surface area contributed by atoms with E-state index in [1.165, 1.54) is 70.9 Å². The maximum absolute atomic E-state index is 3.64. The van der Waals surface area contributed by atoms with Crippen molar-refractivity contribution in [3.63, 3.8) is 0 Å². The highest BCUT2D eigenvalue weighted by Crippen LogP contribution is 2.30. The maximum Gasteiger partial charge on any atom is 0.0220 e. The molecule has 0 saturated heterocycles. The fourth-order valence-electron chi connectivity index (χ4n) is 4.20. The second kappa shape index (κ2) is 8.38. The van der Waals surface area contributed by atoms with Gasteiger partial charge in [-0.05, 0) is 57.5 Å². The molecule has 1 N–H and O–H groups in total. The van der Waals surface area contributed by atoms with Crippen LogP contribution in [0.4, 0.5) is 0 Å². The highest BCUT2D eigenvalue weighted by Gasteiger charge is 2.29. The monoisotopic (exact) mass is 280 g/mol. The highest BCUT2D eigenvalue weighted by molar-refractivity contribution is 4.86. The van der Waals surface area contributed by atoms with Gasteiger partial charge >= 0.3 is 0 Å². The molecular weight excluding hydrogens is 244 g/mol. The summed E-state index contributed by atoms with van der Waals surface area (Å²) < 4.78 is 0. The van der Waals surface area contributed by atoms with Gasteiger partial charge in [0, 0.05) is 18.6 Å². The Morgan fingerprint density at radius 3 is 2.15 bits per heavy atom. The standard InChI is InChI=1S/C18H36N2/c1-15(2)12-13-20(17-10-6-7-11-17)14-18(19-3)16-8-4-5-9-16/h15-19H,4-14H2,1-3H3. The van der Waals surface area contributed by atoms with Gasteiger partial charge in [-0.2, -0.15) is 0 Å². The second-order valence-electron chi connectivity index (χ2n) is 7.56. The van der Waals surface area contributed by atoms with E-state index in [2.05, 4.69) is 31.1 Å². The minimum absolute atomic E-state index is 0.727. The lowest BCUT2D eigenvalue weighted by atomic mass is 9.96. The van der Waals surface area contributed by atoms with Crippen LogP contribution in [0.5, 0.6) is 0 Å². The molecule has 0 aliphatic heterocycles. The average Bonchev–Trinajstić information content (AvgIpc) is 3.11. The molecule has 0 radical (unpaired) electrons. The number of nitrogens with zero attached hydrogens (tertiary/aromatic N) is 1. The molecule has 0 aromatic rings. The van der Waals surface area contributed by atoms with E-state index in [9.17, 15) is 0 Å². The van der Waals surface area contributed by atoms with Crippen LogP contribution in [0.3, 0.4) is 0 Å². The topological polar surface area (TPSA) is 15.3 Å². The lowest BCUT2D eigenvalue weighted by Crippen LogP contribution is -2.47. The van der Waals surface area contributed by atoms with Gasteiger partial charge in [0.05, 0.1) is 0 Å². The van der Waals surface area contributed by atoms with Gasteiger partial charge in [-0.25, -0.2) is 0 Å². The first kappa shape index (κ1) is 16.3. The van der Waals surface area contributed by atoms with Crippen LogP contribution in [0.25, 0.3) is 0 Å². The molecule has 2 saturated carbocycles. The van der Waals surface area contributed by atoms with Crippen LogP contribution in [-0.4, -0.2) is 37.1 Å². The van der Waals surface area contributed by atoms with E-state index in [1.807, 2.05) is 0 Å². The number of rotatable bonds is 8. The molecule has 2 nitrogen and oxygen atoms in total. The smallest absolute Gasteiger partial charge is 0.0220 e. The molecule has 2 fully saturated rings. The molecule has 0 spiro atoms. The zero-order valence-corrected chi connectivity index (χ0v) is 14.0. The molecule has 1 atom stereocenters. The Hall–Kier alpha value is -0.0800. The predicted octanol–water partition coefficient (Wildman–Crippen LogP) is 4.06. The third-order valence-electron chi connectivity index (χ3n) is 5.61. The Balaban J connectivity index is 1.89. The van der Waals surface area contributed by atoms with Crippen LogP contribution in [0, 0.1) is 11.8 Å². The highest BCUT2D eigenvalue weighted by atomic mass is 15.2. The minimum Gasteiger partial charge on any atom is -0.315 e. The van der Waals surface area contributed by atoms with E-state index in [0.717, 1.165) is 23.9 Å². The molecule has 0 aromatic heterocycles. The van der Waals surface area contributed by atoms with Crippen LogP contribution in [0.1, 0.15) is 71.6 Å². The number of nitrogens with one attached hydrogen (secondary N) is 1. The van der Waals surface area contributed by atoms with Crippen molar-refractivity contribution in [1.82, 2.24) is 10.2 Å². The second-order valence-corrected chi connectivity index (χ2v) is 7.56. The summed E-state index contributed by atoms with van der Waals surface area (Å²) in [7, 11) is 2.18. The molecule has 0 bridgehead atoms. The van der Waals surface area contributed by atoms with Gasteiger partial charge < -0.3 is 5.32 Å². The fourth-order valence-corrected chi connectivity index (χ4v) is 4.20. The van der Waals surface area contributed by atoms with Gasteiger partial charge in [0.25, 0.3) is 0 Å². The Labute approximate surface area is 126 Å². The van der Waals surface area contributed by atoms with Crippen molar-refractivity contribution in [1.29, 1.82) is 0 Å². The maximum atomic E-state index is 3.64. The Bertz CT molecular complexity index is 252. The number of hydrogen-bond donors (Lipinski definition) is 1. The third-order valence-corrected chi connectivity index (χ3v) is 5.61. The van der Waals surface area contributed by atoms with Crippen molar-refractivity contribution in [3.05, 3.63) is 0 Å². The van der Waals surface area contributed by atoms with Gasteiger partial charge in [-0.3, -0.25) is 4.90 Å². The average molecular weight is 280 g/mol. The Morgan fingerprint density at radius 2 is 1.60 bits per heavy atom. The first-order chi connectivity index (χ1) is 9.70. The van der Waals surface area contributed by atoms with Crippen LogP contribution < -0.4 is 5.32 Å². The normalized spacial score (nSPS) is 23.2. The van der Waals surface area contributed by atoms with Gasteiger partial charge in [-0.1, -0.05) is 39.5 Å². The van der Waals surface area contributed by atoms with Gasteiger partial charge in [0.2, 0.25) is 0 Å². The Morgan fingerprint density at radius 1 is 1.00 bits per heavy atom. The van der Waals surface area contributed by atoms with E-state index in [0.29, 0.717) is 0 Å². The van der Waals surface area contributed by atoms with Crippen molar-refractivity contribution < 1.29 is 0 Å². The largest absolute Gasteiger partial charge is 0.315 e. The molecule has 1 unspecified atom stereocenters. The summed E-state index contributed by atoms with van der Waals surface area (Å²) in [5, 5.41) is 3.64. The quantitative estimate of drug-likeness (QED) is 0.721. The van der Waals surface area contributed by atoms with Crippen LogP contribution in [0.2, 0.25) is 0 Å². The van der Waals surface area contributed by atoms with E-state index >= 15 is 0 Å². The SMILES string of the molecule is CNC(CN(CCC(C)C)C1CCCC1)C1CCCC1. The number of hydrogen-bond acceptors (Lipinski definition) is 2. The van der Waals surface area contributed by atoms with E-state index in [1.54, 1.807) is 0 Å². The zero-order chi connectivity index (χ0) is 14.4. The van der Waals surface area contributed by atoms with E-state index in [-0.39, 0.29) is 0 Å². The van der Waals surface area contributed by atoms with Crippen molar-refractivity contribution in [2.75, 3.05) is 20.1 Å². The fraction of sp³-hybridized carbons (Fsp3) is 1.00. The molecule has 2 aliphatic rings. The molecule has 2 rings (SSSR count). The van der Waals surface area contributed by atoms with E-state index < -0.39 is 0 Å². The van der Waals surface area contributed by atoms with E-state index in [4.69, 9.17) is 0 Å². The minimum atomic E-state index is 0.727. The first-order valence-corrected chi connectivity index (χ1v) is 9.12. The third kappa shape index (κ3) is 4.73. The number of likely N-dealkylation sites (N-methyl/N-ethyl adjacent to an activating group) is 1. The van der Waals surface area contributed by atoms with Crippen molar-refractivity contribution >= 4 is 0 Å². The van der Waals surface area contributed by atoms with Gasteiger partial charge in [-0.15, -0.1) is 0 Å². The molecule has 0 amide bonds. The van der Waals surface area contributed by atoms with Crippen molar-refractivity contribution in [2.24, 2.45) is 11.8 Å². The molecule has 2 aliphatic carbocycles. The molecular formula is C18H36N2.